The van der Waals surface area contributed by atoms with Gasteiger partial charge in [0.05, 0.1) is 6.61 Å². The number of halogens is 1. The fourth-order valence-corrected chi connectivity index (χ4v) is 2.07. The molecule has 1 saturated heterocycles. The fourth-order valence-electron chi connectivity index (χ4n) is 2.07. The zero-order valence-electron chi connectivity index (χ0n) is 10.1. The number of nitrogens with two attached hydrogens (primary N) is 1. The first-order chi connectivity index (χ1) is 7.13. The van der Waals surface area contributed by atoms with Gasteiger partial charge in [-0.1, -0.05) is 0 Å². The summed E-state index contributed by atoms with van der Waals surface area (Å²) in [7, 11) is 1.71. The normalized spacial score (nSPS) is 22.4. The Kier molecular flexibility index (Phi) is 7.72. The van der Waals surface area contributed by atoms with E-state index in [-0.39, 0.29) is 24.4 Å². The lowest BCUT2D eigenvalue weighted by Crippen LogP contribution is -2.42. The first-order valence-electron chi connectivity index (χ1n) is 5.65. The first kappa shape index (κ1) is 15.7. The SMILES string of the molecule is COCC1CCCN(C(=O)CC(C)N)C1.Cl. The van der Waals surface area contributed by atoms with Gasteiger partial charge in [0, 0.05) is 32.7 Å². The summed E-state index contributed by atoms with van der Waals surface area (Å²) in [5, 5.41) is 0. The summed E-state index contributed by atoms with van der Waals surface area (Å²) in [6, 6.07) is -0.0414. The maximum atomic E-state index is 11.8. The molecule has 1 fully saturated rings. The van der Waals surface area contributed by atoms with E-state index in [2.05, 4.69) is 0 Å². The molecule has 2 N–H and O–H groups in total. The van der Waals surface area contributed by atoms with E-state index in [1.54, 1.807) is 7.11 Å². The van der Waals surface area contributed by atoms with Crippen molar-refractivity contribution in [1.29, 1.82) is 0 Å². The van der Waals surface area contributed by atoms with Crippen LogP contribution in [-0.2, 0) is 9.53 Å². The topological polar surface area (TPSA) is 55.6 Å². The van der Waals surface area contributed by atoms with E-state index in [0.29, 0.717) is 12.3 Å². The van der Waals surface area contributed by atoms with Crippen LogP contribution in [0.3, 0.4) is 0 Å². The van der Waals surface area contributed by atoms with E-state index in [4.69, 9.17) is 10.5 Å². The standard InChI is InChI=1S/C11H22N2O2.ClH/c1-9(12)6-11(14)13-5-3-4-10(7-13)8-15-2;/h9-10H,3-8,12H2,1-2H3;1H. The van der Waals surface area contributed by atoms with Crippen LogP contribution in [0.15, 0.2) is 0 Å². The van der Waals surface area contributed by atoms with Crippen molar-refractivity contribution < 1.29 is 9.53 Å². The molecule has 0 aliphatic carbocycles. The molecule has 0 aromatic rings. The molecule has 0 aromatic heterocycles. The summed E-state index contributed by atoms with van der Waals surface area (Å²) in [5.41, 5.74) is 5.62. The van der Waals surface area contributed by atoms with E-state index in [0.717, 1.165) is 32.5 Å². The summed E-state index contributed by atoms with van der Waals surface area (Å²) in [6.45, 7) is 4.33. The minimum absolute atomic E-state index is 0. The first-order valence-corrected chi connectivity index (χ1v) is 5.65. The van der Waals surface area contributed by atoms with Crippen LogP contribution in [0, 0.1) is 5.92 Å². The molecule has 0 spiro atoms. The Hall–Kier alpha value is -0.320. The van der Waals surface area contributed by atoms with Crippen molar-refractivity contribution in [3.05, 3.63) is 0 Å². The molecule has 1 amide bonds. The number of methoxy groups -OCH3 is 1. The Morgan fingerprint density at radius 1 is 1.62 bits per heavy atom. The van der Waals surface area contributed by atoms with Crippen molar-refractivity contribution in [3.63, 3.8) is 0 Å². The van der Waals surface area contributed by atoms with Crippen molar-refractivity contribution >= 4 is 18.3 Å². The van der Waals surface area contributed by atoms with Crippen LogP contribution in [0.25, 0.3) is 0 Å². The van der Waals surface area contributed by atoms with E-state index in [9.17, 15) is 4.79 Å². The number of rotatable bonds is 4. The van der Waals surface area contributed by atoms with Gasteiger partial charge in [-0.2, -0.15) is 0 Å². The number of piperidine rings is 1. The van der Waals surface area contributed by atoms with E-state index in [1.165, 1.54) is 0 Å². The Labute approximate surface area is 104 Å². The van der Waals surface area contributed by atoms with E-state index >= 15 is 0 Å². The van der Waals surface area contributed by atoms with E-state index in [1.807, 2.05) is 11.8 Å². The Morgan fingerprint density at radius 2 is 2.31 bits per heavy atom. The minimum atomic E-state index is -0.0414. The van der Waals surface area contributed by atoms with E-state index < -0.39 is 0 Å². The third kappa shape index (κ3) is 5.14. The molecule has 2 unspecified atom stereocenters. The Bertz CT molecular complexity index is 210. The number of carbonyl (C=O) groups is 1. The molecule has 4 nitrogen and oxygen atoms in total. The lowest BCUT2D eigenvalue weighted by Gasteiger charge is -2.32. The number of carbonyl (C=O) groups excluding carboxylic acids is 1. The highest BCUT2D eigenvalue weighted by Crippen LogP contribution is 2.17. The highest BCUT2D eigenvalue weighted by molar-refractivity contribution is 5.85. The number of hydrogen-bond donors (Lipinski definition) is 1. The summed E-state index contributed by atoms with van der Waals surface area (Å²) in [6.07, 6.45) is 2.70. The molecular weight excluding hydrogens is 228 g/mol. The van der Waals surface area contributed by atoms with Crippen LogP contribution in [-0.4, -0.2) is 43.7 Å². The van der Waals surface area contributed by atoms with Gasteiger partial charge in [0.1, 0.15) is 0 Å². The van der Waals surface area contributed by atoms with Gasteiger partial charge in [0.25, 0.3) is 0 Å². The van der Waals surface area contributed by atoms with Crippen molar-refractivity contribution in [2.24, 2.45) is 11.7 Å². The molecule has 1 aliphatic rings. The number of likely N-dealkylation sites (tertiary alicyclic amines) is 1. The average molecular weight is 251 g/mol. The second-order valence-corrected chi connectivity index (χ2v) is 4.48. The number of ether oxygens (including phenoxy) is 1. The number of nitrogens with zero attached hydrogens (tertiary/aromatic N) is 1. The summed E-state index contributed by atoms with van der Waals surface area (Å²) >= 11 is 0. The molecular formula is C11H23ClN2O2. The molecule has 2 atom stereocenters. The zero-order chi connectivity index (χ0) is 11.3. The Balaban J connectivity index is 0.00000225. The van der Waals surface area contributed by atoms with Crippen LogP contribution in [0.5, 0.6) is 0 Å². The molecule has 0 aromatic carbocycles. The van der Waals surface area contributed by atoms with Gasteiger partial charge in [-0.25, -0.2) is 0 Å². The van der Waals surface area contributed by atoms with Crippen LogP contribution in [0.4, 0.5) is 0 Å². The van der Waals surface area contributed by atoms with Crippen molar-refractivity contribution in [3.8, 4) is 0 Å². The van der Waals surface area contributed by atoms with Gasteiger partial charge in [0.15, 0.2) is 0 Å². The predicted octanol–water partition coefficient (Wildman–Crippen LogP) is 1.03. The third-order valence-electron chi connectivity index (χ3n) is 2.77. The van der Waals surface area contributed by atoms with Gasteiger partial charge >= 0.3 is 0 Å². The maximum Gasteiger partial charge on any atom is 0.224 e. The third-order valence-corrected chi connectivity index (χ3v) is 2.77. The summed E-state index contributed by atoms with van der Waals surface area (Å²) in [5.74, 6) is 0.687. The molecule has 5 heteroatoms. The van der Waals surface area contributed by atoms with Gasteiger partial charge < -0.3 is 15.4 Å². The highest BCUT2D eigenvalue weighted by Gasteiger charge is 2.23. The Morgan fingerprint density at radius 3 is 2.88 bits per heavy atom. The highest BCUT2D eigenvalue weighted by atomic mass is 35.5. The number of amides is 1. The van der Waals surface area contributed by atoms with Gasteiger partial charge in [-0.3, -0.25) is 4.79 Å². The zero-order valence-corrected chi connectivity index (χ0v) is 11.0. The van der Waals surface area contributed by atoms with Gasteiger partial charge in [0.2, 0.25) is 5.91 Å². The summed E-state index contributed by atoms with van der Waals surface area (Å²) < 4.78 is 5.13. The molecule has 0 radical (unpaired) electrons. The monoisotopic (exact) mass is 250 g/mol. The lowest BCUT2D eigenvalue weighted by atomic mass is 9.98. The molecule has 1 heterocycles. The number of hydrogen-bond acceptors (Lipinski definition) is 3. The maximum absolute atomic E-state index is 11.8. The minimum Gasteiger partial charge on any atom is -0.384 e. The van der Waals surface area contributed by atoms with Crippen LogP contribution < -0.4 is 5.73 Å². The van der Waals surface area contributed by atoms with Crippen LogP contribution in [0.1, 0.15) is 26.2 Å². The van der Waals surface area contributed by atoms with Crippen LogP contribution >= 0.6 is 12.4 Å². The fraction of sp³-hybridized carbons (Fsp3) is 0.909. The summed E-state index contributed by atoms with van der Waals surface area (Å²) in [4.78, 5) is 13.7. The molecule has 1 rings (SSSR count). The predicted molar refractivity (Wildman–Crippen MR) is 66.7 cm³/mol. The van der Waals surface area contributed by atoms with Crippen molar-refractivity contribution in [1.82, 2.24) is 4.90 Å². The molecule has 0 saturated carbocycles. The van der Waals surface area contributed by atoms with Gasteiger partial charge in [-0.05, 0) is 25.7 Å². The second kappa shape index (κ2) is 7.87. The van der Waals surface area contributed by atoms with Gasteiger partial charge in [-0.15, -0.1) is 12.4 Å². The molecule has 16 heavy (non-hydrogen) atoms. The van der Waals surface area contributed by atoms with Crippen molar-refractivity contribution in [2.45, 2.75) is 32.2 Å². The lowest BCUT2D eigenvalue weighted by molar-refractivity contribution is -0.133. The molecule has 1 aliphatic heterocycles. The quantitative estimate of drug-likeness (QED) is 0.811. The van der Waals surface area contributed by atoms with Crippen molar-refractivity contribution in [2.75, 3.05) is 26.8 Å². The average Bonchev–Trinajstić information content (AvgIpc) is 2.17. The molecule has 96 valence electrons. The largest absolute Gasteiger partial charge is 0.384 e. The molecule has 0 bridgehead atoms. The smallest absolute Gasteiger partial charge is 0.224 e. The van der Waals surface area contributed by atoms with Crippen LogP contribution in [0.2, 0.25) is 0 Å². The second-order valence-electron chi connectivity index (χ2n) is 4.48.